The average molecular weight is 452 g/mol. The highest BCUT2D eigenvalue weighted by molar-refractivity contribution is 7.99. The van der Waals surface area contributed by atoms with Crippen LogP contribution in [-0.2, 0) is 0 Å². The van der Waals surface area contributed by atoms with E-state index >= 15 is 0 Å². The van der Waals surface area contributed by atoms with E-state index in [1.807, 2.05) is 19.9 Å². The fourth-order valence-corrected chi connectivity index (χ4v) is 4.14. The molecule has 5 rings (SSSR count). The average Bonchev–Trinajstić information content (AvgIpc) is 3.53. The molecule has 1 aliphatic rings. The van der Waals surface area contributed by atoms with E-state index in [-0.39, 0.29) is 5.03 Å². The quantitative estimate of drug-likeness (QED) is 0.452. The molecule has 0 aliphatic carbocycles. The summed E-state index contributed by atoms with van der Waals surface area (Å²) >= 11 is 1.16. The summed E-state index contributed by atoms with van der Waals surface area (Å²) in [5, 5.41) is 23.8. The molecule has 2 N–H and O–H groups in total. The zero-order valence-electron chi connectivity index (χ0n) is 18.2. The van der Waals surface area contributed by atoms with Crippen molar-refractivity contribution in [1.29, 1.82) is 5.26 Å². The molecule has 166 valence electrons. The number of nitrogens with one attached hydrogen (secondary N) is 2. The molecule has 1 saturated heterocycles. The lowest BCUT2D eigenvalue weighted by atomic mass is 10.1. The Labute approximate surface area is 191 Å². The summed E-state index contributed by atoms with van der Waals surface area (Å²) in [5.41, 5.74) is 2.77. The number of H-pyrrole nitrogens is 1. The monoisotopic (exact) mass is 451 g/mol. The van der Waals surface area contributed by atoms with Gasteiger partial charge in [-0.2, -0.15) is 15.5 Å². The standard InChI is InChI=1S/C16H9FN6S.C5H11N.C2H6/c17-13-2-1-3-19-16(13)24-14-4-10(12-6-20-21-7-12)9-23-15(14)11(5-18)8-22-23;1-2-4-6-5-3-1;1-2/h1-4,6-9H,(H,20,21);6H,1-5H2;1-2H3. The summed E-state index contributed by atoms with van der Waals surface area (Å²) in [6.45, 7) is 6.50. The van der Waals surface area contributed by atoms with Gasteiger partial charge in [-0.25, -0.2) is 13.9 Å². The van der Waals surface area contributed by atoms with Crippen LogP contribution in [0.15, 0.2) is 59.1 Å². The lowest BCUT2D eigenvalue weighted by Crippen LogP contribution is -2.21. The Morgan fingerprint density at radius 1 is 1.16 bits per heavy atom. The molecule has 1 fully saturated rings. The van der Waals surface area contributed by atoms with Crippen molar-refractivity contribution >= 4 is 17.3 Å². The van der Waals surface area contributed by atoms with Crippen LogP contribution >= 0.6 is 11.8 Å². The van der Waals surface area contributed by atoms with Gasteiger partial charge in [0.25, 0.3) is 0 Å². The highest BCUT2D eigenvalue weighted by Crippen LogP contribution is 2.35. The predicted octanol–water partition coefficient (Wildman–Crippen LogP) is 5.07. The van der Waals surface area contributed by atoms with E-state index in [0.717, 1.165) is 22.9 Å². The van der Waals surface area contributed by atoms with Gasteiger partial charge in [0, 0.05) is 34.6 Å². The Balaban J connectivity index is 0.000000309. The number of nitrogens with zero attached hydrogens (tertiary/aromatic N) is 5. The Hall–Kier alpha value is -3.22. The van der Waals surface area contributed by atoms with Gasteiger partial charge in [-0.3, -0.25) is 5.10 Å². The highest BCUT2D eigenvalue weighted by Gasteiger charge is 2.15. The van der Waals surface area contributed by atoms with Gasteiger partial charge in [0.05, 0.1) is 23.5 Å². The SMILES string of the molecule is C1CCNCC1.CC.N#Cc1cnn2cc(-c3cn[nH]c3)cc(Sc3ncccc3F)c12. The number of hydrogen-bond donors (Lipinski definition) is 2. The van der Waals surface area contributed by atoms with Crippen molar-refractivity contribution in [3.05, 3.63) is 60.6 Å². The molecule has 0 bridgehead atoms. The fraction of sp³-hybridized carbons (Fsp3) is 0.304. The third-order valence-corrected chi connectivity index (χ3v) is 5.69. The van der Waals surface area contributed by atoms with Gasteiger partial charge in [0.2, 0.25) is 0 Å². The van der Waals surface area contributed by atoms with Gasteiger partial charge in [-0.1, -0.05) is 32.0 Å². The number of halogens is 1. The van der Waals surface area contributed by atoms with E-state index in [4.69, 9.17) is 0 Å². The van der Waals surface area contributed by atoms with E-state index in [0.29, 0.717) is 16.0 Å². The number of piperidine rings is 1. The zero-order valence-corrected chi connectivity index (χ0v) is 19.0. The van der Waals surface area contributed by atoms with Crippen LogP contribution in [0.5, 0.6) is 0 Å². The second-order valence-electron chi connectivity index (χ2n) is 6.75. The second-order valence-corrected chi connectivity index (χ2v) is 7.78. The molecule has 0 aromatic carbocycles. The van der Waals surface area contributed by atoms with E-state index < -0.39 is 5.82 Å². The van der Waals surface area contributed by atoms with Gasteiger partial charge >= 0.3 is 0 Å². The maximum Gasteiger partial charge on any atom is 0.155 e. The molecule has 0 spiro atoms. The van der Waals surface area contributed by atoms with Crippen molar-refractivity contribution in [1.82, 2.24) is 30.1 Å². The molecule has 5 heterocycles. The van der Waals surface area contributed by atoms with Crippen LogP contribution in [-0.4, -0.2) is 37.9 Å². The summed E-state index contributed by atoms with van der Waals surface area (Å²) < 4.78 is 15.6. The van der Waals surface area contributed by atoms with Crippen LogP contribution in [0.1, 0.15) is 38.7 Å². The summed E-state index contributed by atoms with van der Waals surface area (Å²) in [4.78, 5) is 4.76. The first-order valence-electron chi connectivity index (χ1n) is 10.7. The van der Waals surface area contributed by atoms with Crippen LogP contribution in [0.4, 0.5) is 4.39 Å². The summed E-state index contributed by atoms with van der Waals surface area (Å²) in [5.74, 6) is -0.410. The van der Waals surface area contributed by atoms with Crippen LogP contribution in [0.3, 0.4) is 0 Å². The van der Waals surface area contributed by atoms with Crippen LogP contribution in [0.25, 0.3) is 16.6 Å². The van der Waals surface area contributed by atoms with Crippen molar-refractivity contribution in [3.63, 3.8) is 0 Å². The molecule has 0 amide bonds. The minimum Gasteiger partial charge on any atom is -0.317 e. The maximum atomic E-state index is 14.0. The predicted molar refractivity (Wildman–Crippen MR) is 124 cm³/mol. The lowest BCUT2D eigenvalue weighted by Gasteiger charge is -2.08. The summed E-state index contributed by atoms with van der Waals surface area (Å²) in [6, 6.07) is 6.89. The third-order valence-electron chi connectivity index (χ3n) is 4.67. The first-order chi connectivity index (χ1) is 15.8. The molecular formula is C23H26FN7S. The minimum atomic E-state index is -0.410. The van der Waals surface area contributed by atoms with Crippen LogP contribution in [0.2, 0.25) is 0 Å². The zero-order chi connectivity index (χ0) is 22.8. The molecule has 1 aliphatic heterocycles. The largest absolute Gasteiger partial charge is 0.317 e. The van der Waals surface area contributed by atoms with E-state index in [9.17, 15) is 9.65 Å². The molecule has 9 heteroatoms. The number of aromatic nitrogens is 5. The van der Waals surface area contributed by atoms with Gasteiger partial charge in [0.1, 0.15) is 11.1 Å². The molecule has 0 saturated carbocycles. The number of hydrogen-bond acceptors (Lipinski definition) is 6. The topological polar surface area (TPSA) is 94.7 Å². The number of rotatable bonds is 3. The molecule has 7 nitrogen and oxygen atoms in total. The fourth-order valence-electron chi connectivity index (χ4n) is 3.16. The Morgan fingerprint density at radius 3 is 2.56 bits per heavy atom. The lowest BCUT2D eigenvalue weighted by molar-refractivity contribution is 0.520. The van der Waals surface area contributed by atoms with Crippen molar-refractivity contribution in [2.45, 2.75) is 43.0 Å². The number of pyridine rings is 2. The normalized spacial score (nSPS) is 12.8. The van der Waals surface area contributed by atoms with Crippen LogP contribution in [0, 0.1) is 17.1 Å². The Bertz CT molecular complexity index is 1150. The summed E-state index contributed by atoms with van der Waals surface area (Å²) in [6.07, 6.45) is 12.5. The molecule has 0 radical (unpaired) electrons. The smallest absolute Gasteiger partial charge is 0.155 e. The van der Waals surface area contributed by atoms with Gasteiger partial charge in [-0.15, -0.1) is 0 Å². The van der Waals surface area contributed by atoms with Crippen molar-refractivity contribution in [3.8, 4) is 17.2 Å². The van der Waals surface area contributed by atoms with Crippen molar-refractivity contribution < 1.29 is 4.39 Å². The maximum absolute atomic E-state index is 14.0. The molecule has 0 unspecified atom stereocenters. The molecule has 0 atom stereocenters. The summed E-state index contributed by atoms with van der Waals surface area (Å²) in [7, 11) is 0. The Morgan fingerprint density at radius 2 is 1.97 bits per heavy atom. The first kappa shape index (κ1) is 23.4. The van der Waals surface area contributed by atoms with Crippen molar-refractivity contribution in [2.75, 3.05) is 13.1 Å². The molecule has 4 aromatic rings. The van der Waals surface area contributed by atoms with Gasteiger partial charge in [0.15, 0.2) is 5.82 Å². The highest BCUT2D eigenvalue weighted by atomic mass is 32.2. The van der Waals surface area contributed by atoms with E-state index in [1.54, 1.807) is 23.1 Å². The van der Waals surface area contributed by atoms with Crippen molar-refractivity contribution in [2.24, 2.45) is 0 Å². The first-order valence-corrected chi connectivity index (χ1v) is 11.5. The number of aromatic amines is 1. The third kappa shape index (κ3) is 5.72. The second kappa shape index (κ2) is 12.0. The molecule has 32 heavy (non-hydrogen) atoms. The Kier molecular flexibility index (Phi) is 8.78. The van der Waals surface area contributed by atoms with E-state index in [1.165, 1.54) is 56.9 Å². The van der Waals surface area contributed by atoms with Gasteiger partial charge < -0.3 is 5.32 Å². The van der Waals surface area contributed by atoms with Gasteiger partial charge in [-0.05, 0) is 44.1 Å². The molecule has 4 aromatic heterocycles. The van der Waals surface area contributed by atoms with Crippen LogP contribution < -0.4 is 5.32 Å². The van der Waals surface area contributed by atoms with E-state index in [2.05, 4.69) is 31.7 Å². The number of fused-ring (bicyclic) bond motifs is 1. The molecular weight excluding hydrogens is 425 g/mol. The minimum absolute atomic E-state index is 0.244. The number of nitriles is 1.